The number of nitrogens with zero attached hydrogens (tertiary/aromatic N) is 1. The predicted molar refractivity (Wildman–Crippen MR) is 82.7 cm³/mol. The number of H-pyrrole nitrogens is 1. The van der Waals surface area contributed by atoms with E-state index in [9.17, 15) is 4.79 Å². The predicted octanol–water partition coefficient (Wildman–Crippen LogP) is 3.82. The molecule has 0 spiro atoms. The summed E-state index contributed by atoms with van der Waals surface area (Å²) in [6.07, 6.45) is 1.49. The van der Waals surface area contributed by atoms with E-state index in [2.05, 4.69) is 9.97 Å². The molecule has 0 radical (unpaired) electrons. The summed E-state index contributed by atoms with van der Waals surface area (Å²) in [7, 11) is 0. The van der Waals surface area contributed by atoms with Crippen LogP contribution in [-0.2, 0) is 0 Å². The van der Waals surface area contributed by atoms with E-state index >= 15 is 0 Å². The Hall–Kier alpha value is -2.53. The van der Waals surface area contributed by atoms with Crippen molar-refractivity contribution < 1.29 is 4.42 Å². The van der Waals surface area contributed by atoms with E-state index in [0.29, 0.717) is 21.0 Å². The lowest BCUT2D eigenvalue weighted by atomic mass is 10.2. The molecule has 102 valence electrons. The van der Waals surface area contributed by atoms with Crippen molar-refractivity contribution in [3.8, 4) is 0 Å². The number of hydrogen-bond acceptors (Lipinski definition) is 4. The monoisotopic (exact) mass is 294 g/mol. The molecule has 0 fully saturated rings. The van der Waals surface area contributed by atoms with Gasteiger partial charge >= 0.3 is 0 Å². The van der Waals surface area contributed by atoms with Gasteiger partial charge in [0, 0.05) is 0 Å². The summed E-state index contributed by atoms with van der Waals surface area (Å²) < 4.78 is 5.51. The molecular weight excluding hydrogens is 284 g/mol. The molecular formula is C16H10N2O2S. The lowest BCUT2D eigenvalue weighted by Crippen LogP contribution is -2.03. The number of benzene rings is 2. The van der Waals surface area contributed by atoms with Gasteiger partial charge in [0.05, 0.1) is 21.3 Å². The van der Waals surface area contributed by atoms with Crippen LogP contribution in [0.3, 0.4) is 0 Å². The fraction of sp³-hybridized carbons (Fsp3) is 0. The number of para-hydroxylation sites is 3. The van der Waals surface area contributed by atoms with E-state index < -0.39 is 0 Å². The molecule has 2 aromatic carbocycles. The molecule has 0 aliphatic rings. The molecule has 0 atom stereocenters. The van der Waals surface area contributed by atoms with Crippen molar-refractivity contribution in [2.45, 2.75) is 10.1 Å². The summed E-state index contributed by atoms with van der Waals surface area (Å²) in [5, 5.41) is 1.26. The van der Waals surface area contributed by atoms with Crippen molar-refractivity contribution in [3.05, 3.63) is 65.0 Å². The van der Waals surface area contributed by atoms with Gasteiger partial charge in [-0.2, -0.15) is 0 Å². The zero-order valence-electron chi connectivity index (χ0n) is 10.9. The Kier molecular flexibility index (Phi) is 2.79. The van der Waals surface area contributed by atoms with Gasteiger partial charge in [0.1, 0.15) is 11.8 Å². The highest BCUT2D eigenvalue weighted by Gasteiger charge is 2.10. The highest BCUT2D eigenvalue weighted by molar-refractivity contribution is 7.99. The number of rotatable bonds is 2. The lowest BCUT2D eigenvalue weighted by molar-refractivity contribution is 0.587. The van der Waals surface area contributed by atoms with E-state index in [4.69, 9.17) is 4.42 Å². The topological polar surface area (TPSA) is 58.9 Å². The lowest BCUT2D eigenvalue weighted by Gasteiger charge is -1.99. The maximum atomic E-state index is 12.4. The van der Waals surface area contributed by atoms with Gasteiger partial charge in [0.15, 0.2) is 5.16 Å². The molecule has 0 saturated carbocycles. The third-order valence-electron chi connectivity index (χ3n) is 3.22. The summed E-state index contributed by atoms with van der Waals surface area (Å²) >= 11 is 1.28. The Labute approximate surface area is 123 Å². The Balaban J connectivity index is 1.80. The largest absolute Gasteiger partial charge is 0.463 e. The number of hydrogen-bond donors (Lipinski definition) is 1. The van der Waals surface area contributed by atoms with E-state index in [1.54, 1.807) is 12.1 Å². The summed E-state index contributed by atoms with van der Waals surface area (Å²) in [5.74, 6) is 0. The molecule has 0 unspecified atom stereocenters. The molecule has 0 bridgehead atoms. The molecule has 0 saturated heterocycles. The average molecular weight is 294 g/mol. The van der Waals surface area contributed by atoms with Gasteiger partial charge in [0.25, 0.3) is 0 Å². The molecule has 4 rings (SSSR count). The van der Waals surface area contributed by atoms with Crippen LogP contribution in [0.15, 0.2) is 74.1 Å². The Morgan fingerprint density at radius 3 is 2.76 bits per heavy atom. The average Bonchev–Trinajstić information content (AvgIpc) is 2.93. The van der Waals surface area contributed by atoms with E-state index in [-0.39, 0.29) is 5.43 Å². The van der Waals surface area contributed by atoms with Crippen LogP contribution in [0, 0.1) is 0 Å². The van der Waals surface area contributed by atoms with Crippen molar-refractivity contribution in [2.75, 3.05) is 0 Å². The molecule has 0 amide bonds. The molecule has 4 nitrogen and oxygen atoms in total. The molecule has 0 aliphatic heterocycles. The second kappa shape index (κ2) is 4.79. The highest BCUT2D eigenvalue weighted by atomic mass is 32.2. The first-order valence-corrected chi connectivity index (χ1v) is 7.26. The van der Waals surface area contributed by atoms with Crippen molar-refractivity contribution in [1.82, 2.24) is 9.97 Å². The van der Waals surface area contributed by atoms with Crippen LogP contribution in [0.2, 0.25) is 0 Å². The van der Waals surface area contributed by atoms with Crippen molar-refractivity contribution >= 4 is 33.8 Å². The first-order valence-electron chi connectivity index (χ1n) is 6.44. The quantitative estimate of drug-likeness (QED) is 0.610. The second-order valence-electron chi connectivity index (χ2n) is 4.59. The van der Waals surface area contributed by atoms with Crippen LogP contribution in [-0.4, -0.2) is 9.97 Å². The molecule has 21 heavy (non-hydrogen) atoms. The summed E-state index contributed by atoms with van der Waals surface area (Å²) in [6, 6.07) is 15.0. The third-order valence-corrected chi connectivity index (χ3v) is 4.11. The Morgan fingerprint density at radius 1 is 1.05 bits per heavy atom. The van der Waals surface area contributed by atoms with Crippen LogP contribution in [0.1, 0.15) is 0 Å². The zero-order valence-corrected chi connectivity index (χ0v) is 11.7. The van der Waals surface area contributed by atoms with Gasteiger partial charge in [-0.25, -0.2) is 4.98 Å². The van der Waals surface area contributed by atoms with Crippen LogP contribution < -0.4 is 5.43 Å². The molecule has 1 N–H and O–H groups in total. The molecule has 4 aromatic rings. The van der Waals surface area contributed by atoms with Crippen LogP contribution in [0.4, 0.5) is 0 Å². The highest BCUT2D eigenvalue weighted by Crippen LogP contribution is 2.26. The van der Waals surface area contributed by atoms with Crippen LogP contribution in [0.5, 0.6) is 0 Å². The summed E-state index contributed by atoms with van der Waals surface area (Å²) in [6.45, 7) is 0. The minimum Gasteiger partial charge on any atom is -0.463 e. The first kappa shape index (κ1) is 12.2. The number of nitrogens with one attached hydrogen (secondary N) is 1. The van der Waals surface area contributed by atoms with E-state index in [1.165, 1.54) is 18.0 Å². The SMILES string of the molecule is O=c1c(Sc2nc3ccccc3[nH]2)coc2ccccc12. The fourth-order valence-corrected chi connectivity index (χ4v) is 3.02. The van der Waals surface area contributed by atoms with Gasteiger partial charge in [-0.15, -0.1) is 0 Å². The Bertz CT molecular complexity index is 971. The molecule has 0 aliphatic carbocycles. The van der Waals surface area contributed by atoms with E-state index in [1.807, 2.05) is 36.4 Å². The Morgan fingerprint density at radius 2 is 1.86 bits per heavy atom. The van der Waals surface area contributed by atoms with Gasteiger partial charge < -0.3 is 9.40 Å². The smallest absolute Gasteiger partial charge is 0.206 e. The maximum Gasteiger partial charge on any atom is 0.206 e. The van der Waals surface area contributed by atoms with Crippen LogP contribution in [0.25, 0.3) is 22.0 Å². The standard InChI is InChI=1S/C16H10N2O2S/c19-15-10-5-1-4-8-13(10)20-9-14(15)21-16-17-11-6-2-3-7-12(11)18-16/h1-9H,(H,17,18). The zero-order chi connectivity index (χ0) is 14.2. The number of aromatic amines is 1. The van der Waals surface area contributed by atoms with Gasteiger partial charge in [-0.1, -0.05) is 24.3 Å². The van der Waals surface area contributed by atoms with E-state index in [0.717, 1.165) is 11.0 Å². The van der Waals surface area contributed by atoms with Crippen molar-refractivity contribution in [3.63, 3.8) is 0 Å². The molecule has 2 aromatic heterocycles. The fourth-order valence-electron chi connectivity index (χ4n) is 2.21. The second-order valence-corrected chi connectivity index (χ2v) is 5.62. The minimum absolute atomic E-state index is 0.0395. The first-order chi connectivity index (χ1) is 10.3. The van der Waals surface area contributed by atoms with Crippen molar-refractivity contribution in [2.24, 2.45) is 0 Å². The van der Waals surface area contributed by atoms with Crippen LogP contribution >= 0.6 is 11.8 Å². The summed E-state index contributed by atoms with van der Waals surface area (Å²) in [4.78, 5) is 20.6. The van der Waals surface area contributed by atoms with Gasteiger partial charge in [-0.05, 0) is 36.0 Å². The molecule has 2 heterocycles. The van der Waals surface area contributed by atoms with Gasteiger partial charge in [0.2, 0.25) is 5.43 Å². The summed E-state index contributed by atoms with van der Waals surface area (Å²) in [5.41, 5.74) is 2.38. The third kappa shape index (κ3) is 2.11. The normalized spacial score (nSPS) is 11.2. The number of aromatic nitrogens is 2. The van der Waals surface area contributed by atoms with Crippen molar-refractivity contribution in [1.29, 1.82) is 0 Å². The minimum atomic E-state index is -0.0395. The molecule has 5 heteroatoms. The number of imidazole rings is 1. The maximum absolute atomic E-state index is 12.4. The number of fused-ring (bicyclic) bond motifs is 2. The van der Waals surface area contributed by atoms with Gasteiger partial charge in [-0.3, -0.25) is 4.79 Å².